The largest absolute Gasteiger partial charge is 0.481 e. The third-order valence-electron chi connectivity index (χ3n) is 2.91. The standard InChI is InChI=1S/C16H19NO3/c1-3-4-9-19-16(18)11-20-15-10-12(2)17-14-8-6-5-7-13(14)15/h5-8,10H,3-4,9,11H2,1-2H3. The number of para-hydroxylation sites is 1. The van der Waals surface area contributed by atoms with E-state index in [0.29, 0.717) is 12.4 Å². The Morgan fingerprint density at radius 1 is 1.30 bits per heavy atom. The summed E-state index contributed by atoms with van der Waals surface area (Å²) in [4.78, 5) is 16.0. The Morgan fingerprint density at radius 2 is 2.10 bits per heavy atom. The second-order valence-electron chi connectivity index (χ2n) is 4.64. The predicted molar refractivity (Wildman–Crippen MR) is 77.8 cm³/mol. The molecular formula is C16H19NO3. The molecule has 0 saturated carbocycles. The first kappa shape index (κ1) is 14.3. The zero-order chi connectivity index (χ0) is 14.4. The Bertz CT molecular complexity index is 595. The van der Waals surface area contributed by atoms with Crippen molar-refractivity contribution in [3.8, 4) is 5.75 Å². The van der Waals surface area contributed by atoms with E-state index in [0.717, 1.165) is 29.4 Å². The molecule has 0 spiro atoms. The van der Waals surface area contributed by atoms with Gasteiger partial charge < -0.3 is 9.47 Å². The van der Waals surface area contributed by atoms with E-state index in [9.17, 15) is 4.79 Å². The van der Waals surface area contributed by atoms with E-state index >= 15 is 0 Å². The molecule has 0 aliphatic carbocycles. The highest BCUT2D eigenvalue weighted by molar-refractivity contribution is 5.85. The normalized spacial score (nSPS) is 10.5. The summed E-state index contributed by atoms with van der Waals surface area (Å²) in [6.07, 6.45) is 1.88. The average Bonchev–Trinajstić information content (AvgIpc) is 2.45. The summed E-state index contributed by atoms with van der Waals surface area (Å²) < 4.78 is 10.6. The number of aromatic nitrogens is 1. The van der Waals surface area contributed by atoms with E-state index in [4.69, 9.17) is 9.47 Å². The van der Waals surface area contributed by atoms with E-state index in [1.807, 2.05) is 37.3 Å². The Hall–Kier alpha value is -2.10. The molecule has 2 rings (SSSR count). The molecule has 0 fully saturated rings. The van der Waals surface area contributed by atoms with Crippen molar-refractivity contribution in [1.29, 1.82) is 0 Å². The third kappa shape index (κ3) is 3.70. The number of hydrogen-bond donors (Lipinski definition) is 0. The van der Waals surface area contributed by atoms with Gasteiger partial charge in [-0.1, -0.05) is 25.5 Å². The molecule has 0 amide bonds. The molecule has 0 radical (unpaired) electrons. The van der Waals surface area contributed by atoms with Crippen molar-refractivity contribution in [1.82, 2.24) is 4.98 Å². The van der Waals surface area contributed by atoms with Crippen LogP contribution in [0.2, 0.25) is 0 Å². The molecule has 2 aromatic rings. The van der Waals surface area contributed by atoms with Crippen molar-refractivity contribution < 1.29 is 14.3 Å². The molecule has 0 saturated heterocycles. The van der Waals surface area contributed by atoms with Crippen LogP contribution in [-0.4, -0.2) is 24.2 Å². The number of carbonyl (C=O) groups excluding carboxylic acids is 1. The maximum Gasteiger partial charge on any atom is 0.344 e. The lowest BCUT2D eigenvalue weighted by atomic mass is 10.2. The number of nitrogens with zero attached hydrogens (tertiary/aromatic N) is 1. The number of unbranched alkanes of at least 4 members (excludes halogenated alkanes) is 1. The molecule has 1 aromatic heterocycles. The molecule has 0 N–H and O–H groups in total. The molecule has 0 aliphatic rings. The summed E-state index contributed by atoms with van der Waals surface area (Å²) >= 11 is 0. The molecule has 4 nitrogen and oxygen atoms in total. The van der Waals surface area contributed by atoms with Gasteiger partial charge in [0.25, 0.3) is 0 Å². The van der Waals surface area contributed by atoms with Gasteiger partial charge in [0.2, 0.25) is 0 Å². The van der Waals surface area contributed by atoms with E-state index in [1.165, 1.54) is 0 Å². The summed E-state index contributed by atoms with van der Waals surface area (Å²) in [5.41, 5.74) is 1.72. The van der Waals surface area contributed by atoms with Crippen LogP contribution in [0.1, 0.15) is 25.5 Å². The van der Waals surface area contributed by atoms with Crippen molar-refractivity contribution in [3.63, 3.8) is 0 Å². The van der Waals surface area contributed by atoms with Gasteiger partial charge in [-0.3, -0.25) is 4.98 Å². The van der Waals surface area contributed by atoms with Crippen LogP contribution in [0.3, 0.4) is 0 Å². The van der Waals surface area contributed by atoms with Crippen LogP contribution in [0.15, 0.2) is 30.3 Å². The molecule has 0 atom stereocenters. The Labute approximate surface area is 118 Å². The SMILES string of the molecule is CCCCOC(=O)COc1cc(C)nc2ccccc12. The van der Waals surface area contributed by atoms with E-state index in [2.05, 4.69) is 11.9 Å². The minimum absolute atomic E-state index is 0.0723. The molecule has 1 heterocycles. The minimum Gasteiger partial charge on any atom is -0.481 e. The molecular weight excluding hydrogens is 254 g/mol. The minimum atomic E-state index is -0.336. The van der Waals surface area contributed by atoms with Gasteiger partial charge in [-0.15, -0.1) is 0 Å². The van der Waals surface area contributed by atoms with Crippen LogP contribution in [0, 0.1) is 6.92 Å². The number of esters is 1. The van der Waals surface area contributed by atoms with Gasteiger partial charge in [0.1, 0.15) is 5.75 Å². The average molecular weight is 273 g/mol. The van der Waals surface area contributed by atoms with Gasteiger partial charge >= 0.3 is 5.97 Å². The van der Waals surface area contributed by atoms with Crippen molar-refractivity contribution in [2.45, 2.75) is 26.7 Å². The highest BCUT2D eigenvalue weighted by Gasteiger charge is 2.08. The first-order valence-electron chi connectivity index (χ1n) is 6.85. The lowest BCUT2D eigenvalue weighted by Gasteiger charge is -2.10. The molecule has 4 heteroatoms. The molecule has 1 aromatic carbocycles. The van der Waals surface area contributed by atoms with Crippen LogP contribution < -0.4 is 4.74 Å². The number of carbonyl (C=O) groups is 1. The van der Waals surface area contributed by atoms with Crippen molar-refractivity contribution >= 4 is 16.9 Å². The Kier molecular flexibility index (Phi) is 4.93. The molecule has 0 aliphatic heterocycles. The van der Waals surface area contributed by atoms with Gasteiger partial charge in [-0.05, 0) is 25.5 Å². The number of aryl methyl sites for hydroxylation is 1. The van der Waals surface area contributed by atoms with Crippen molar-refractivity contribution in [2.24, 2.45) is 0 Å². The van der Waals surface area contributed by atoms with Crippen LogP contribution in [0.5, 0.6) is 5.75 Å². The number of rotatable bonds is 6. The monoisotopic (exact) mass is 273 g/mol. The van der Waals surface area contributed by atoms with Crippen molar-refractivity contribution in [3.05, 3.63) is 36.0 Å². The smallest absolute Gasteiger partial charge is 0.344 e. The van der Waals surface area contributed by atoms with Crippen LogP contribution in [-0.2, 0) is 9.53 Å². The number of ether oxygens (including phenoxy) is 2. The van der Waals surface area contributed by atoms with Crippen LogP contribution in [0.4, 0.5) is 0 Å². The van der Waals surface area contributed by atoms with Crippen LogP contribution in [0.25, 0.3) is 10.9 Å². The molecule has 0 bridgehead atoms. The summed E-state index contributed by atoms with van der Waals surface area (Å²) in [6.45, 7) is 4.33. The van der Waals surface area contributed by atoms with Gasteiger partial charge in [-0.25, -0.2) is 4.79 Å². The quantitative estimate of drug-likeness (QED) is 0.598. The Morgan fingerprint density at radius 3 is 2.90 bits per heavy atom. The van der Waals surface area contributed by atoms with Gasteiger partial charge in [-0.2, -0.15) is 0 Å². The van der Waals surface area contributed by atoms with E-state index < -0.39 is 0 Å². The van der Waals surface area contributed by atoms with Gasteiger partial charge in [0.05, 0.1) is 12.1 Å². The number of fused-ring (bicyclic) bond motifs is 1. The Balaban J connectivity index is 2.04. The van der Waals surface area contributed by atoms with E-state index in [1.54, 1.807) is 0 Å². The second-order valence-corrected chi connectivity index (χ2v) is 4.64. The predicted octanol–water partition coefficient (Wildman–Crippen LogP) is 3.27. The lowest BCUT2D eigenvalue weighted by Crippen LogP contribution is -2.15. The van der Waals surface area contributed by atoms with Crippen LogP contribution >= 0.6 is 0 Å². The fraction of sp³-hybridized carbons (Fsp3) is 0.375. The molecule has 0 unspecified atom stereocenters. The molecule has 20 heavy (non-hydrogen) atoms. The number of hydrogen-bond acceptors (Lipinski definition) is 4. The first-order chi connectivity index (χ1) is 9.70. The first-order valence-corrected chi connectivity index (χ1v) is 6.85. The number of benzene rings is 1. The van der Waals surface area contributed by atoms with Gasteiger partial charge in [0, 0.05) is 17.1 Å². The van der Waals surface area contributed by atoms with Gasteiger partial charge in [0.15, 0.2) is 6.61 Å². The maximum absolute atomic E-state index is 11.5. The highest BCUT2D eigenvalue weighted by Crippen LogP contribution is 2.25. The zero-order valence-corrected chi connectivity index (χ0v) is 11.9. The lowest BCUT2D eigenvalue weighted by molar-refractivity contribution is -0.146. The summed E-state index contributed by atoms with van der Waals surface area (Å²) in [5.74, 6) is 0.331. The highest BCUT2D eigenvalue weighted by atomic mass is 16.6. The summed E-state index contributed by atoms with van der Waals surface area (Å²) in [5, 5.41) is 0.902. The fourth-order valence-electron chi connectivity index (χ4n) is 1.90. The summed E-state index contributed by atoms with van der Waals surface area (Å²) in [7, 11) is 0. The topological polar surface area (TPSA) is 48.4 Å². The fourth-order valence-corrected chi connectivity index (χ4v) is 1.90. The van der Waals surface area contributed by atoms with Crippen molar-refractivity contribution in [2.75, 3.05) is 13.2 Å². The zero-order valence-electron chi connectivity index (χ0n) is 11.9. The molecule has 106 valence electrons. The third-order valence-corrected chi connectivity index (χ3v) is 2.91. The van der Waals surface area contributed by atoms with E-state index in [-0.39, 0.29) is 12.6 Å². The summed E-state index contributed by atoms with van der Waals surface area (Å²) in [6, 6.07) is 9.54. The maximum atomic E-state index is 11.5. The number of pyridine rings is 1. The second kappa shape index (κ2) is 6.89.